The van der Waals surface area contributed by atoms with Crippen molar-refractivity contribution in [2.75, 3.05) is 0 Å². The van der Waals surface area contributed by atoms with Crippen LogP contribution >= 0.6 is 0 Å². The standard InChI is InChI=1S/C26H46O4S/c1-3-5-7-9-11-12-13-14-16-18-20-24-21-23(19-17-15-10-8-6-4-2)22-25(26(24)27)31(28,29)30/h21-22,27H,3-20H2,1-2H3,(H,28,29,30). The zero-order chi connectivity index (χ0) is 23.0. The number of aryl methyl sites for hydroxylation is 2. The minimum absolute atomic E-state index is 0.273. The van der Waals surface area contributed by atoms with Gasteiger partial charge in [0.05, 0.1) is 0 Å². The molecule has 0 fully saturated rings. The fourth-order valence-electron chi connectivity index (χ4n) is 4.17. The van der Waals surface area contributed by atoms with E-state index in [0.717, 1.165) is 37.7 Å². The Morgan fingerprint density at radius 2 is 1.06 bits per heavy atom. The highest BCUT2D eigenvalue weighted by Crippen LogP contribution is 2.31. The Hall–Kier alpha value is -1.07. The summed E-state index contributed by atoms with van der Waals surface area (Å²) in [6, 6.07) is 3.38. The van der Waals surface area contributed by atoms with Crippen LogP contribution in [0.15, 0.2) is 17.0 Å². The molecule has 1 rings (SSSR count). The number of hydrogen-bond acceptors (Lipinski definition) is 3. The Bertz CT molecular complexity index is 698. The zero-order valence-corrected chi connectivity index (χ0v) is 20.8. The Morgan fingerprint density at radius 3 is 1.52 bits per heavy atom. The van der Waals surface area contributed by atoms with Gasteiger partial charge in [0.25, 0.3) is 10.1 Å². The average Bonchev–Trinajstić information content (AvgIpc) is 2.72. The highest BCUT2D eigenvalue weighted by Gasteiger charge is 2.19. The Balaban J connectivity index is 2.50. The second-order valence-corrected chi connectivity index (χ2v) is 10.4. The maximum Gasteiger partial charge on any atom is 0.298 e. The van der Waals surface area contributed by atoms with Gasteiger partial charge in [-0.1, -0.05) is 110 Å². The summed E-state index contributed by atoms with van der Waals surface area (Å²) in [6.07, 6.45) is 20.8. The van der Waals surface area contributed by atoms with E-state index in [1.807, 2.05) is 6.07 Å². The van der Waals surface area contributed by atoms with Gasteiger partial charge in [-0.25, -0.2) is 0 Å². The molecule has 1 aromatic carbocycles. The maximum absolute atomic E-state index is 11.7. The zero-order valence-electron chi connectivity index (χ0n) is 20.0. The predicted octanol–water partition coefficient (Wildman–Crippen LogP) is 8.01. The number of aromatic hydroxyl groups is 1. The summed E-state index contributed by atoms with van der Waals surface area (Å²) >= 11 is 0. The van der Waals surface area contributed by atoms with Crippen molar-refractivity contribution >= 4 is 10.1 Å². The Morgan fingerprint density at radius 1 is 0.645 bits per heavy atom. The molecule has 2 N–H and O–H groups in total. The van der Waals surface area contributed by atoms with Gasteiger partial charge >= 0.3 is 0 Å². The van der Waals surface area contributed by atoms with E-state index in [2.05, 4.69) is 13.8 Å². The number of unbranched alkanes of at least 4 members (excludes halogenated alkanes) is 14. The van der Waals surface area contributed by atoms with E-state index in [4.69, 9.17) is 0 Å². The molecule has 5 heteroatoms. The van der Waals surface area contributed by atoms with E-state index in [1.54, 1.807) is 0 Å². The molecular formula is C26H46O4S. The van der Waals surface area contributed by atoms with Crippen molar-refractivity contribution in [3.05, 3.63) is 23.3 Å². The fourth-order valence-corrected chi connectivity index (χ4v) is 4.85. The molecule has 0 saturated heterocycles. The Labute approximate surface area is 191 Å². The van der Waals surface area contributed by atoms with Gasteiger partial charge in [0.1, 0.15) is 10.6 Å². The predicted molar refractivity (Wildman–Crippen MR) is 131 cm³/mol. The number of hydrogen-bond donors (Lipinski definition) is 2. The molecule has 0 bridgehead atoms. The van der Waals surface area contributed by atoms with Crippen LogP contribution in [0.1, 0.15) is 128 Å². The van der Waals surface area contributed by atoms with Gasteiger partial charge in [0.15, 0.2) is 0 Å². The third kappa shape index (κ3) is 12.5. The van der Waals surface area contributed by atoms with E-state index >= 15 is 0 Å². The molecule has 0 aliphatic carbocycles. The summed E-state index contributed by atoms with van der Waals surface area (Å²) in [4.78, 5) is -0.335. The van der Waals surface area contributed by atoms with Gasteiger partial charge in [0.2, 0.25) is 0 Å². The van der Waals surface area contributed by atoms with Crippen LogP contribution in [0.4, 0.5) is 0 Å². The largest absolute Gasteiger partial charge is 0.506 e. The third-order valence-corrected chi connectivity index (χ3v) is 6.98. The summed E-state index contributed by atoms with van der Waals surface area (Å²) in [6.45, 7) is 4.44. The van der Waals surface area contributed by atoms with Gasteiger partial charge in [-0.15, -0.1) is 0 Å². The molecule has 0 spiro atoms. The van der Waals surface area contributed by atoms with Gasteiger partial charge < -0.3 is 5.11 Å². The lowest BCUT2D eigenvalue weighted by Gasteiger charge is -2.12. The van der Waals surface area contributed by atoms with Crippen molar-refractivity contribution in [2.45, 2.75) is 134 Å². The van der Waals surface area contributed by atoms with Crippen LogP contribution in [0.3, 0.4) is 0 Å². The molecular weight excluding hydrogens is 408 g/mol. The minimum atomic E-state index is -4.42. The first-order valence-corrected chi connectivity index (χ1v) is 14.2. The first-order valence-electron chi connectivity index (χ1n) is 12.7. The quantitative estimate of drug-likeness (QED) is 0.164. The summed E-state index contributed by atoms with van der Waals surface area (Å²) in [7, 11) is -4.42. The van der Waals surface area contributed by atoms with Crippen LogP contribution in [-0.2, 0) is 23.0 Å². The van der Waals surface area contributed by atoms with Crippen LogP contribution in [0.2, 0.25) is 0 Å². The van der Waals surface area contributed by atoms with Crippen molar-refractivity contribution in [2.24, 2.45) is 0 Å². The number of phenolic OH excluding ortho intramolecular Hbond substituents is 1. The molecule has 0 aliphatic rings. The fraction of sp³-hybridized carbons (Fsp3) is 0.769. The van der Waals surface area contributed by atoms with Crippen LogP contribution < -0.4 is 0 Å². The lowest BCUT2D eigenvalue weighted by atomic mass is 9.99. The molecule has 0 amide bonds. The van der Waals surface area contributed by atoms with Crippen molar-refractivity contribution in [1.82, 2.24) is 0 Å². The second kappa shape index (κ2) is 16.5. The van der Waals surface area contributed by atoms with Crippen molar-refractivity contribution in [3.8, 4) is 5.75 Å². The lowest BCUT2D eigenvalue weighted by molar-refractivity contribution is 0.436. The van der Waals surface area contributed by atoms with E-state index in [1.165, 1.54) is 83.1 Å². The van der Waals surface area contributed by atoms with E-state index < -0.39 is 10.1 Å². The van der Waals surface area contributed by atoms with Gasteiger partial charge in [0, 0.05) is 0 Å². The first-order chi connectivity index (χ1) is 14.9. The van der Waals surface area contributed by atoms with Crippen LogP contribution in [-0.4, -0.2) is 18.1 Å². The van der Waals surface area contributed by atoms with Gasteiger partial charge in [-0.2, -0.15) is 8.42 Å². The highest BCUT2D eigenvalue weighted by molar-refractivity contribution is 7.86. The normalized spacial score (nSPS) is 11.8. The molecule has 31 heavy (non-hydrogen) atoms. The van der Waals surface area contributed by atoms with Crippen molar-refractivity contribution in [3.63, 3.8) is 0 Å². The molecule has 0 unspecified atom stereocenters. The highest BCUT2D eigenvalue weighted by atomic mass is 32.2. The van der Waals surface area contributed by atoms with E-state index in [-0.39, 0.29) is 10.6 Å². The third-order valence-electron chi connectivity index (χ3n) is 6.11. The SMILES string of the molecule is CCCCCCCCCCCCc1cc(CCCCCCCC)cc(S(=O)(=O)O)c1O. The van der Waals surface area contributed by atoms with E-state index in [9.17, 15) is 18.1 Å². The number of phenols is 1. The average molecular weight is 455 g/mol. The molecule has 1 aromatic rings. The van der Waals surface area contributed by atoms with Crippen LogP contribution in [0, 0.1) is 0 Å². The van der Waals surface area contributed by atoms with Crippen LogP contribution in [0.5, 0.6) is 5.75 Å². The molecule has 0 radical (unpaired) electrons. The molecule has 0 heterocycles. The summed E-state index contributed by atoms with van der Waals surface area (Å²) < 4.78 is 33.0. The van der Waals surface area contributed by atoms with E-state index in [0.29, 0.717) is 12.0 Å². The summed E-state index contributed by atoms with van der Waals surface area (Å²) in [5.41, 5.74) is 1.54. The molecule has 4 nitrogen and oxygen atoms in total. The molecule has 0 saturated carbocycles. The minimum Gasteiger partial charge on any atom is -0.506 e. The second-order valence-electron chi connectivity index (χ2n) is 9.03. The number of rotatable bonds is 19. The molecule has 180 valence electrons. The Kier molecular flexibility index (Phi) is 14.9. The van der Waals surface area contributed by atoms with Gasteiger partial charge in [-0.3, -0.25) is 4.55 Å². The monoisotopic (exact) mass is 454 g/mol. The lowest BCUT2D eigenvalue weighted by Crippen LogP contribution is -2.03. The summed E-state index contributed by atoms with van der Waals surface area (Å²) in [5.74, 6) is -0.273. The van der Waals surface area contributed by atoms with Crippen LogP contribution in [0.25, 0.3) is 0 Å². The summed E-state index contributed by atoms with van der Waals surface area (Å²) in [5, 5.41) is 10.4. The molecule has 0 aliphatic heterocycles. The maximum atomic E-state index is 11.7. The molecule has 0 atom stereocenters. The smallest absolute Gasteiger partial charge is 0.298 e. The van der Waals surface area contributed by atoms with Crippen molar-refractivity contribution in [1.29, 1.82) is 0 Å². The molecule has 0 aromatic heterocycles. The van der Waals surface area contributed by atoms with Gasteiger partial charge in [-0.05, 0) is 42.9 Å². The first kappa shape index (κ1) is 28.0. The van der Waals surface area contributed by atoms with Crippen molar-refractivity contribution < 1.29 is 18.1 Å². The number of benzene rings is 1. The topological polar surface area (TPSA) is 74.6 Å².